The molecule has 0 fully saturated rings. The highest BCUT2D eigenvalue weighted by Crippen LogP contribution is 2.21. The Morgan fingerprint density at radius 3 is 2.24 bits per heavy atom. The Labute approximate surface area is 126 Å². The largest absolute Gasteiger partial charge is 0.399 e. The van der Waals surface area contributed by atoms with E-state index < -0.39 is 0 Å². The van der Waals surface area contributed by atoms with Gasteiger partial charge < -0.3 is 11.1 Å². The molecule has 0 saturated carbocycles. The molecule has 3 nitrogen and oxygen atoms in total. The first kappa shape index (κ1) is 15.1. The van der Waals surface area contributed by atoms with Crippen LogP contribution in [-0.4, -0.2) is 5.91 Å². The first-order valence-corrected chi connectivity index (χ1v) is 7.23. The number of nitrogens with two attached hydrogens (primary N) is 1. The Bertz CT molecular complexity index is 617. The summed E-state index contributed by atoms with van der Waals surface area (Å²) in [6, 6.07) is 15.4. The summed E-state index contributed by atoms with van der Waals surface area (Å²) in [4.78, 5) is 12.3. The number of benzene rings is 2. The molecule has 3 N–H and O–H groups in total. The summed E-state index contributed by atoms with van der Waals surface area (Å²) in [5.41, 5.74) is 9.44. The van der Waals surface area contributed by atoms with Gasteiger partial charge in [-0.15, -0.1) is 0 Å². The van der Waals surface area contributed by atoms with Crippen molar-refractivity contribution in [3.63, 3.8) is 0 Å². The molecule has 0 heterocycles. The molecule has 2 rings (SSSR count). The van der Waals surface area contributed by atoms with Crippen molar-refractivity contribution in [3.8, 4) is 0 Å². The van der Waals surface area contributed by atoms with E-state index in [9.17, 15) is 4.79 Å². The van der Waals surface area contributed by atoms with Gasteiger partial charge in [0, 0.05) is 11.4 Å². The van der Waals surface area contributed by atoms with E-state index in [4.69, 9.17) is 5.73 Å². The van der Waals surface area contributed by atoms with E-state index in [-0.39, 0.29) is 11.8 Å². The molecule has 0 aliphatic rings. The van der Waals surface area contributed by atoms with Crippen LogP contribution in [0.5, 0.6) is 0 Å². The van der Waals surface area contributed by atoms with Crippen molar-refractivity contribution in [2.24, 2.45) is 0 Å². The second kappa shape index (κ2) is 6.44. The highest BCUT2D eigenvalue weighted by molar-refractivity contribution is 5.95. The van der Waals surface area contributed by atoms with Crippen LogP contribution in [-0.2, 0) is 4.79 Å². The lowest BCUT2D eigenvalue weighted by Crippen LogP contribution is -2.18. The molecule has 1 atom stereocenters. The number of hydrogen-bond acceptors (Lipinski definition) is 2. The van der Waals surface area contributed by atoms with Crippen molar-refractivity contribution in [2.75, 3.05) is 11.1 Å². The fourth-order valence-corrected chi connectivity index (χ4v) is 2.18. The predicted molar refractivity (Wildman–Crippen MR) is 88.4 cm³/mol. The SMILES string of the molecule is CC(C)c1ccc(NC(=O)C(C)c2cccc(N)c2)cc1. The number of carbonyl (C=O) groups excluding carboxylic acids is 1. The van der Waals surface area contributed by atoms with Crippen molar-refractivity contribution in [3.05, 3.63) is 59.7 Å². The van der Waals surface area contributed by atoms with Gasteiger partial charge in [-0.2, -0.15) is 0 Å². The zero-order valence-electron chi connectivity index (χ0n) is 12.8. The minimum atomic E-state index is -0.238. The van der Waals surface area contributed by atoms with E-state index in [0.717, 1.165) is 11.3 Å². The van der Waals surface area contributed by atoms with Crippen LogP contribution in [0, 0.1) is 0 Å². The summed E-state index contributed by atoms with van der Waals surface area (Å²) in [5, 5.41) is 2.95. The minimum absolute atomic E-state index is 0.0297. The molecule has 3 heteroatoms. The van der Waals surface area contributed by atoms with Crippen LogP contribution in [0.15, 0.2) is 48.5 Å². The van der Waals surface area contributed by atoms with Gasteiger partial charge in [0.25, 0.3) is 0 Å². The van der Waals surface area contributed by atoms with Gasteiger partial charge in [0.15, 0.2) is 0 Å². The monoisotopic (exact) mass is 282 g/mol. The van der Waals surface area contributed by atoms with E-state index in [2.05, 4.69) is 19.2 Å². The number of hydrogen-bond donors (Lipinski definition) is 2. The van der Waals surface area contributed by atoms with Crippen LogP contribution in [0.3, 0.4) is 0 Å². The van der Waals surface area contributed by atoms with Gasteiger partial charge in [0.2, 0.25) is 5.91 Å². The number of rotatable bonds is 4. The topological polar surface area (TPSA) is 55.1 Å². The van der Waals surface area contributed by atoms with Crippen molar-refractivity contribution in [1.29, 1.82) is 0 Å². The number of anilines is 2. The molecule has 1 unspecified atom stereocenters. The summed E-state index contributed by atoms with van der Waals surface area (Å²) in [6.45, 7) is 6.18. The van der Waals surface area contributed by atoms with E-state index in [1.807, 2.05) is 55.5 Å². The van der Waals surface area contributed by atoms with Crippen LogP contribution < -0.4 is 11.1 Å². The lowest BCUT2D eigenvalue weighted by Gasteiger charge is -2.14. The van der Waals surface area contributed by atoms with E-state index in [1.165, 1.54) is 5.56 Å². The van der Waals surface area contributed by atoms with Crippen molar-refractivity contribution >= 4 is 17.3 Å². The van der Waals surface area contributed by atoms with Gasteiger partial charge in [-0.25, -0.2) is 0 Å². The standard InChI is InChI=1S/C18H22N2O/c1-12(2)14-7-9-17(10-8-14)20-18(21)13(3)15-5-4-6-16(19)11-15/h4-13H,19H2,1-3H3,(H,20,21). The number of amides is 1. The number of nitrogen functional groups attached to an aromatic ring is 1. The first-order chi connectivity index (χ1) is 9.97. The Morgan fingerprint density at radius 1 is 1.00 bits per heavy atom. The summed E-state index contributed by atoms with van der Waals surface area (Å²) in [6.07, 6.45) is 0. The van der Waals surface area contributed by atoms with E-state index in [1.54, 1.807) is 0 Å². The van der Waals surface area contributed by atoms with Crippen molar-refractivity contribution < 1.29 is 4.79 Å². The summed E-state index contributed by atoms with van der Waals surface area (Å²) >= 11 is 0. The van der Waals surface area contributed by atoms with Crippen LogP contribution in [0.1, 0.15) is 43.7 Å². The second-order valence-corrected chi connectivity index (χ2v) is 5.66. The number of carbonyl (C=O) groups is 1. The zero-order chi connectivity index (χ0) is 15.4. The summed E-state index contributed by atoms with van der Waals surface area (Å²) in [5.74, 6) is 0.220. The molecule has 0 aromatic heterocycles. The molecule has 0 saturated heterocycles. The fourth-order valence-electron chi connectivity index (χ4n) is 2.18. The summed E-state index contributed by atoms with van der Waals surface area (Å²) < 4.78 is 0. The van der Waals surface area contributed by atoms with Crippen molar-refractivity contribution in [1.82, 2.24) is 0 Å². The van der Waals surface area contributed by atoms with Crippen LogP contribution in [0.2, 0.25) is 0 Å². The normalized spacial score (nSPS) is 12.2. The molecule has 2 aromatic carbocycles. The Hall–Kier alpha value is -2.29. The maximum Gasteiger partial charge on any atom is 0.231 e. The molecule has 0 aliphatic carbocycles. The molecule has 21 heavy (non-hydrogen) atoms. The molecule has 0 bridgehead atoms. The lowest BCUT2D eigenvalue weighted by atomic mass is 9.99. The molecule has 0 spiro atoms. The molecular formula is C18H22N2O. The van der Waals surface area contributed by atoms with Gasteiger partial charge in [-0.3, -0.25) is 4.79 Å². The Kier molecular flexibility index (Phi) is 4.63. The third kappa shape index (κ3) is 3.85. The minimum Gasteiger partial charge on any atom is -0.399 e. The van der Waals surface area contributed by atoms with Gasteiger partial charge >= 0.3 is 0 Å². The number of nitrogens with one attached hydrogen (secondary N) is 1. The predicted octanol–water partition coefficient (Wildman–Crippen LogP) is 4.13. The average Bonchev–Trinajstić information content (AvgIpc) is 2.47. The van der Waals surface area contributed by atoms with Gasteiger partial charge in [0.05, 0.1) is 5.92 Å². The molecule has 2 aromatic rings. The average molecular weight is 282 g/mol. The smallest absolute Gasteiger partial charge is 0.231 e. The van der Waals surface area contributed by atoms with Crippen LogP contribution >= 0.6 is 0 Å². The highest BCUT2D eigenvalue weighted by Gasteiger charge is 2.15. The van der Waals surface area contributed by atoms with E-state index in [0.29, 0.717) is 11.6 Å². The molecular weight excluding hydrogens is 260 g/mol. The maximum absolute atomic E-state index is 12.3. The van der Waals surface area contributed by atoms with Gasteiger partial charge in [-0.1, -0.05) is 38.1 Å². The fraction of sp³-hybridized carbons (Fsp3) is 0.278. The lowest BCUT2D eigenvalue weighted by molar-refractivity contribution is -0.117. The van der Waals surface area contributed by atoms with Gasteiger partial charge in [-0.05, 0) is 48.2 Å². The highest BCUT2D eigenvalue weighted by atomic mass is 16.1. The summed E-state index contributed by atoms with van der Waals surface area (Å²) in [7, 11) is 0. The van der Waals surface area contributed by atoms with Crippen molar-refractivity contribution in [2.45, 2.75) is 32.6 Å². The van der Waals surface area contributed by atoms with E-state index >= 15 is 0 Å². The molecule has 0 aliphatic heterocycles. The van der Waals surface area contributed by atoms with Gasteiger partial charge in [0.1, 0.15) is 0 Å². The maximum atomic E-state index is 12.3. The van der Waals surface area contributed by atoms with Crippen LogP contribution in [0.25, 0.3) is 0 Å². The second-order valence-electron chi connectivity index (χ2n) is 5.66. The third-order valence-corrected chi connectivity index (χ3v) is 3.65. The third-order valence-electron chi connectivity index (χ3n) is 3.65. The molecule has 1 amide bonds. The molecule has 0 radical (unpaired) electrons. The molecule has 110 valence electrons. The Morgan fingerprint density at radius 2 is 1.67 bits per heavy atom. The zero-order valence-corrected chi connectivity index (χ0v) is 12.8. The quantitative estimate of drug-likeness (QED) is 0.828. The first-order valence-electron chi connectivity index (χ1n) is 7.23. The Balaban J connectivity index is 2.07. The van der Waals surface area contributed by atoms with Crippen LogP contribution in [0.4, 0.5) is 11.4 Å².